The molecule has 148 valence electrons. The van der Waals surface area contributed by atoms with Crippen molar-refractivity contribution in [3.63, 3.8) is 0 Å². The van der Waals surface area contributed by atoms with Crippen LogP contribution in [0.3, 0.4) is 0 Å². The molecule has 0 radical (unpaired) electrons. The Labute approximate surface area is 160 Å². The van der Waals surface area contributed by atoms with E-state index in [1.165, 1.54) is 12.3 Å². The molecule has 0 spiro atoms. The van der Waals surface area contributed by atoms with E-state index in [1.807, 2.05) is 11.8 Å². The van der Waals surface area contributed by atoms with Crippen LogP contribution in [0.1, 0.15) is 36.2 Å². The molecule has 1 N–H and O–H groups in total. The highest BCUT2D eigenvalue weighted by Gasteiger charge is 2.40. The molecule has 3 unspecified atom stereocenters. The first-order chi connectivity index (χ1) is 13.4. The summed E-state index contributed by atoms with van der Waals surface area (Å²) in [4.78, 5) is 28.6. The Kier molecular flexibility index (Phi) is 3.71. The first-order valence-corrected chi connectivity index (χ1v) is 9.61. The predicted molar refractivity (Wildman–Crippen MR) is 102 cm³/mol. The lowest BCUT2D eigenvalue weighted by atomic mass is 10.0. The summed E-state index contributed by atoms with van der Waals surface area (Å²) >= 11 is 0. The van der Waals surface area contributed by atoms with Crippen LogP contribution >= 0.6 is 0 Å². The van der Waals surface area contributed by atoms with Gasteiger partial charge in [-0.25, -0.2) is 9.18 Å². The molecule has 3 aliphatic heterocycles. The van der Waals surface area contributed by atoms with Gasteiger partial charge in [0.2, 0.25) is 5.43 Å². The van der Waals surface area contributed by atoms with Gasteiger partial charge in [0.15, 0.2) is 11.6 Å². The van der Waals surface area contributed by atoms with Gasteiger partial charge < -0.3 is 19.3 Å². The average Bonchev–Trinajstić information content (AvgIpc) is 2.86. The zero-order chi connectivity index (χ0) is 19.7. The maximum atomic E-state index is 15.3. The molecule has 0 saturated carbocycles. The van der Waals surface area contributed by atoms with Crippen molar-refractivity contribution in [2.45, 2.75) is 37.9 Å². The summed E-state index contributed by atoms with van der Waals surface area (Å²) in [7, 11) is 2.11. The van der Waals surface area contributed by atoms with Crippen molar-refractivity contribution in [2.24, 2.45) is 0 Å². The molecule has 2 fully saturated rings. The predicted octanol–water partition coefficient (Wildman–Crippen LogP) is 2.08. The highest BCUT2D eigenvalue weighted by molar-refractivity contribution is 5.97. The summed E-state index contributed by atoms with van der Waals surface area (Å²) in [6.45, 7) is 3.59. The molecule has 0 amide bonds. The number of carbonyl (C=O) groups is 1. The first-order valence-electron chi connectivity index (χ1n) is 9.61. The Morgan fingerprint density at radius 1 is 1.29 bits per heavy atom. The minimum Gasteiger partial charge on any atom is -0.487 e. The van der Waals surface area contributed by atoms with Gasteiger partial charge in [0, 0.05) is 31.4 Å². The van der Waals surface area contributed by atoms with Crippen molar-refractivity contribution in [1.82, 2.24) is 9.47 Å². The third kappa shape index (κ3) is 2.30. The fraction of sp³-hybridized carbons (Fsp3) is 0.500. The average molecular weight is 387 g/mol. The number of hydrogen-bond donors (Lipinski definition) is 1. The lowest BCUT2D eigenvalue weighted by molar-refractivity contribution is 0.0694. The minimum absolute atomic E-state index is 0.0554. The number of rotatable bonds is 2. The Morgan fingerprint density at radius 3 is 2.61 bits per heavy atom. The summed E-state index contributed by atoms with van der Waals surface area (Å²) in [5.41, 5.74) is -0.157. The second-order valence-corrected chi connectivity index (χ2v) is 8.13. The molecule has 4 heterocycles. The molecule has 2 aromatic rings. The lowest BCUT2D eigenvalue weighted by Gasteiger charge is -2.41. The summed E-state index contributed by atoms with van der Waals surface area (Å²) < 4.78 is 22.9. The van der Waals surface area contributed by atoms with Crippen LogP contribution < -0.4 is 15.1 Å². The molecule has 1 aromatic carbocycles. The van der Waals surface area contributed by atoms with Gasteiger partial charge in [-0.2, -0.15) is 0 Å². The van der Waals surface area contributed by atoms with E-state index < -0.39 is 17.2 Å². The molecule has 3 atom stereocenters. The Balaban J connectivity index is 1.75. The second kappa shape index (κ2) is 5.94. The van der Waals surface area contributed by atoms with Crippen molar-refractivity contribution in [2.75, 3.05) is 31.6 Å². The van der Waals surface area contributed by atoms with Gasteiger partial charge in [-0.15, -0.1) is 0 Å². The third-order valence-electron chi connectivity index (χ3n) is 6.54. The van der Waals surface area contributed by atoms with Crippen LogP contribution in [0.4, 0.5) is 10.1 Å². The number of likely N-dealkylation sites (N-methyl/N-ethyl adjacent to an activating group) is 1. The maximum Gasteiger partial charge on any atom is 0.341 e. The van der Waals surface area contributed by atoms with E-state index in [9.17, 15) is 14.7 Å². The number of halogens is 1. The van der Waals surface area contributed by atoms with Crippen molar-refractivity contribution >= 4 is 22.6 Å². The molecule has 2 saturated heterocycles. The Morgan fingerprint density at radius 2 is 1.96 bits per heavy atom. The van der Waals surface area contributed by atoms with E-state index in [4.69, 9.17) is 4.74 Å². The highest BCUT2D eigenvalue weighted by Crippen LogP contribution is 2.43. The van der Waals surface area contributed by atoms with Gasteiger partial charge in [-0.05, 0) is 32.9 Å². The molecule has 3 aliphatic rings. The molecule has 28 heavy (non-hydrogen) atoms. The monoisotopic (exact) mass is 387 g/mol. The number of aromatic carboxylic acids is 1. The van der Waals surface area contributed by atoms with Crippen LogP contribution in [-0.4, -0.2) is 59.4 Å². The van der Waals surface area contributed by atoms with E-state index >= 15 is 4.39 Å². The summed E-state index contributed by atoms with van der Waals surface area (Å²) in [5, 5.41) is 9.44. The maximum absolute atomic E-state index is 15.3. The molecule has 1 aromatic heterocycles. The topological polar surface area (TPSA) is 75.0 Å². The van der Waals surface area contributed by atoms with Crippen LogP contribution in [0.15, 0.2) is 17.1 Å². The molecule has 8 heteroatoms. The smallest absolute Gasteiger partial charge is 0.341 e. The van der Waals surface area contributed by atoms with Gasteiger partial charge in [0.1, 0.15) is 17.9 Å². The number of fused-ring (bicyclic) bond motifs is 2. The van der Waals surface area contributed by atoms with E-state index in [-0.39, 0.29) is 17.0 Å². The Hall–Kier alpha value is -2.61. The van der Waals surface area contributed by atoms with Crippen molar-refractivity contribution in [1.29, 1.82) is 0 Å². The fourth-order valence-electron chi connectivity index (χ4n) is 4.95. The number of nitrogens with zero attached hydrogens (tertiary/aromatic N) is 3. The molecule has 0 aliphatic carbocycles. The molecular formula is C20H22FN3O4. The quantitative estimate of drug-likeness (QED) is 0.851. The van der Waals surface area contributed by atoms with E-state index in [0.29, 0.717) is 48.7 Å². The van der Waals surface area contributed by atoms with Gasteiger partial charge in [0.25, 0.3) is 0 Å². The van der Waals surface area contributed by atoms with Crippen LogP contribution in [0, 0.1) is 5.82 Å². The van der Waals surface area contributed by atoms with Gasteiger partial charge in [-0.3, -0.25) is 9.69 Å². The standard InChI is InChI=1S/C20H22FN3O4/c1-10-9-28-19-16-13(18(25)14(20(26)27)8-24(10)16)5-15(21)17(19)23-6-11-3-4-12(7-23)22(11)2/h5,8,10-12H,3-4,6-7,9H2,1-2H3,(H,26,27). The number of hydrogen-bond acceptors (Lipinski definition) is 5. The molecule has 7 nitrogen and oxygen atoms in total. The largest absolute Gasteiger partial charge is 0.487 e. The van der Waals surface area contributed by atoms with Gasteiger partial charge >= 0.3 is 5.97 Å². The Bertz CT molecular complexity index is 1050. The van der Waals surface area contributed by atoms with Gasteiger partial charge in [0.05, 0.1) is 16.9 Å². The van der Waals surface area contributed by atoms with Crippen LogP contribution in [0.2, 0.25) is 0 Å². The number of aromatic nitrogens is 1. The van der Waals surface area contributed by atoms with Crippen molar-refractivity contribution in [3.8, 4) is 5.75 Å². The van der Waals surface area contributed by atoms with E-state index in [1.54, 1.807) is 4.57 Å². The summed E-state index contributed by atoms with van der Waals surface area (Å²) in [6, 6.07) is 1.78. The minimum atomic E-state index is -1.31. The highest BCUT2D eigenvalue weighted by atomic mass is 19.1. The number of ether oxygens (including phenoxy) is 1. The van der Waals surface area contributed by atoms with E-state index in [2.05, 4.69) is 11.9 Å². The number of benzene rings is 1. The number of carboxylic acid groups (broad SMARTS) is 1. The zero-order valence-corrected chi connectivity index (χ0v) is 15.8. The second-order valence-electron chi connectivity index (χ2n) is 8.13. The first kappa shape index (κ1) is 17.5. The van der Waals surface area contributed by atoms with Crippen molar-refractivity contribution in [3.05, 3.63) is 33.9 Å². The summed E-state index contributed by atoms with van der Waals surface area (Å²) in [6.07, 6.45) is 3.54. The SMILES string of the molecule is CC1COc2c(N3CC4CCC(C3)N4C)c(F)cc3c(=O)c(C(=O)O)cn1c23. The fourth-order valence-corrected chi connectivity index (χ4v) is 4.95. The van der Waals surface area contributed by atoms with Crippen molar-refractivity contribution < 1.29 is 19.0 Å². The normalized spacial score (nSPS) is 26.5. The number of pyridine rings is 1. The summed E-state index contributed by atoms with van der Waals surface area (Å²) in [5.74, 6) is -1.49. The molecule has 2 bridgehead atoms. The number of carboxylic acids is 1. The van der Waals surface area contributed by atoms with Crippen LogP contribution in [0.25, 0.3) is 10.9 Å². The molecule has 5 rings (SSSR count). The number of piperazine rings is 1. The van der Waals surface area contributed by atoms with Crippen LogP contribution in [-0.2, 0) is 0 Å². The lowest BCUT2D eigenvalue weighted by Crippen LogP contribution is -2.52. The number of anilines is 1. The zero-order valence-electron chi connectivity index (χ0n) is 15.8. The third-order valence-corrected chi connectivity index (χ3v) is 6.54. The molecular weight excluding hydrogens is 365 g/mol. The van der Waals surface area contributed by atoms with Crippen LogP contribution in [0.5, 0.6) is 5.75 Å². The van der Waals surface area contributed by atoms with E-state index in [0.717, 1.165) is 12.8 Å². The van der Waals surface area contributed by atoms with Gasteiger partial charge in [-0.1, -0.05) is 0 Å².